The van der Waals surface area contributed by atoms with Crippen molar-refractivity contribution in [1.82, 2.24) is 35.0 Å². The molecule has 2 amide bonds. The number of rotatable bonds is 7. The van der Waals surface area contributed by atoms with Gasteiger partial charge in [0, 0.05) is 42.9 Å². The molecule has 2 N–H and O–H groups in total. The molecule has 2 aliphatic rings. The standard InChI is InChI=1S/C24H37N7O3/c1-14(2)30-11-17(10-25-30)15(3)26-22(33)20-9-18(32)12-29(20)23(34)21(24(4,5)6)31-13-19(27-28-31)16-7-8-16/h10-11,13-16,18,20-21,32H,7-9,12H2,1-6H3,(H,26,33)/t15?,18?,20?,21-/m1/s1. The van der Waals surface area contributed by atoms with Gasteiger partial charge in [0.25, 0.3) is 0 Å². The number of amides is 2. The molecule has 2 aromatic rings. The second-order valence-electron chi connectivity index (χ2n) is 11.1. The molecule has 10 nitrogen and oxygen atoms in total. The highest BCUT2D eigenvalue weighted by molar-refractivity contribution is 5.90. The summed E-state index contributed by atoms with van der Waals surface area (Å²) in [6.07, 6.45) is 7.17. The number of likely N-dealkylation sites (tertiary alicyclic amines) is 1. The summed E-state index contributed by atoms with van der Waals surface area (Å²) in [6.45, 7) is 12.0. The first-order chi connectivity index (χ1) is 16.0. The highest BCUT2D eigenvalue weighted by Crippen LogP contribution is 2.40. The molecule has 1 aliphatic heterocycles. The Balaban J connectivity index is 1.52. The van der Waals surface area contributed by atoms with Crippen molar-refractivity contribution in [1.29, 1.82) is 0 Å². The summed E-state index contributed by atoms with van der Waals surface area (Å²) in [6, 6.07) is -1.43. The minimum Gasteiger partial charge on any atom is -0.391 e. The molecule has 0 radical (unpaired) electrons. The number of nitrogens with zero attached hydrogens (tertiary/aromatic N) is 6. The Morgan fingerprint density at radius 3 is 2.44 bits per heavy atom. The summed E-state index contributed by atoms with van der Waals surface area (Å²) in [5, 5.41) is 26.3. The zero-order valence-electron chi connectivity index (χ0n) is 21.0. The van der Waals surface area contributed by atoms with E-state index < -0.39 is 23.6 Å². The van der Waals surface area contributed by atoms with E-state index in [1.165, 1.54) is 4.90 Å². The number of hydrogen-bond donors (Lipinski definition) is 2. The van der Waals surface area contributed by atoms with Crippen LogP contribution >= 0.6 is 0 Å². The number of aliphatic hydroxyl groups is 1. The number of aliphatic hydroxyl groups excluding tert-OH is 1. The van der Waals surface area contributed by atoms with Gasteiger partial charge in [0.05, 0.1) is 24.0 Å². The first-order valence-corrected chi connectivity index (χ1v) is 12.2. The number of nitrogens with one attached hydrogen (secondary N) is 1. The predicted molar refractivity (Wildman–Crippen MR) is 126 cm³/mol. The van der Waals surface area contributed by atoms with Crippen LogP contribution in [0.5, 0.6) is 0 Å². The molecule has 1 aliphatic carbocycles. The van der Waals surface area contributed by atoms with Gasteiger partial charge in [-0.2, -0.15) is 5.10 Å². The first kappa shape index (κ1) is 24.4. The SMILES string of the molecule is CC(NC(=O)C1CC(O)CN1C(=O)[C@@H](n1cc(C2CC2)nn1)C(C)(C)C)c1cnn(C(C)C)c1. The van der Waals surface area contributed by atoms with Gasteiger partial charge < -0.3 is 15.3 Å². The van der Waals surface area contributed by atoms with E-state index in [0.717, 1.165) is 24.1 Å². The van der Waals surface area contributed by atoms with Gasteiger partial charge in [0.1, 0.15) is 12.1 Å². The summed E-state index contributed by atoms with van der Waals surface area (Å²) in [5.41, 5.74) is 1.34. The molecule has 0 spiro atoms. The minimum absolute atomic E-state index is 0.118. The van der Waals surface area contributed by atoms with E-state index in [1.807, 2.05) is 58.6 Å². The van der Waals surface area contributed by atoms with Crippen LogP contribution in [0.2, 0.25) is 0 Å². The van der Waals surface area contributed by atoms with Gasteiger partial charge in [0.2, 0.25) is 11.8 Å². The molecule has 0 aromatic carbocycles. The Morgan fingerprint density at radius 2 is 1.85 bits per heavy atom. The zero-order chi connectivity index (χ0) is 24.8. The second-order valence-corrected chi connectivity index (χ2v) is 11.1. The van der Waals surface area contributed by atoms with Crippen molar-refractivity contribution in [3.8, 4) is 0 Å². The van der Waals surface area contributed by atoms with Crippen LogP contribution in [0, 0.1) is 5.41 Å². The third kappa shape index (κ3) is 5.01. The molecule has 2 fully saturated rings. The normalized spacial score (nSPS) is 22.8. The van der Waals surface area contributed by atoms with Gasteiger partial charge in [0.15, 0.2) is 0 Å². The van der Waals surface area contributed by atoms with Crippen LogP contribution in [-0.2, 0) is 9.59 Å². The number of carbonyl (C=O) groups is 2. The van der Waals surface area contributed by atoms with Crippen LogP contribution in [0.1, 0.15) is 96.1 Å². The van der Waals surface area contributed by atoms with E-state index in [0.29, 0.717) is 5.92 Å². The molecule has 0 bridgehead atoms. The minimum atomic E-state index is -0.753. The lowest BCUT2D eigenvalue weighted by Crippen LogP contribution is -2.50. The van der Waals surface area contributed by atoms with Crippen LogP contribution in [0.4, 0.5) is 0 Å². The van der Waals surface area contributed by atoms with Crippen molar-refractivity contribution in [2.75, 3.05) is 6.54 Å². The second kappa shape index (κ2) is 9.13. The third-order valence-corrected chi connectivity index (χ3v) is 6.72. The highest BCUT2D eigenvalue weighted by atomic mass is 16.3. The Labute approximate surface area is 200 Å². The van der Waals surface area contributed by atoms with Gasteiger partial charge in [-0.1, -0.05) is 26.0 Å². The summed E-state index contributed by atoms with van der Waals surface area (Å²) in [7, 11) is 0. The van der Waals surface area contributed by atoms with Crippen LogP contribution in [0.25, 0.3) is 0 Å². The van der Waals surface area contributed by atoms with Crippen LogP contribution in [0.3, 0.4) is 0 Å². The molecule has 1 saturated heterocycles. The fraction of sp³-hybridized carbons (Fsp3) is 0.708. The molecule has 10 heteroatoms. The van der Waals surface area contributed by atoms with Crippen molar-refractivity contribution in [2.24, 2.45) is 5.41 Å². The van der Waals surface area contributed by atoms with Crippen LogP contribution in [-0.4, -0.2) is 65.3 Å². The largest absolute Gasteiger partial charge is 0.391 e. The van der Waals surface area contributed by atoms with Crippen molar-refractivity contribution >= 4 is 11.8 Å². The lowest BCUT2D eigenvalue weighted by molar-refractivity contribution is -0.144. The Bertz CT molecular complexity index is 1030. The highest BCUT2D eigenvalue weighted by Gasteiger charge is 2.45. The van der Waals surface area contributed by atoms with Gasteiger partial charge in [-0.05, 0) is 39.0 Å². The molecule has 4 rings (SSSR count). The molecule has 3 unspecified atom stereocenters. The molecular weight excluding hydrogens is 434 g/mol. The molecule has 186 valence electrons. The molecule has 1 saturated carbocycles. The van der Waals surface area contributed by atoms with E-state index >= 15 is 0 Å². The fourth-order valence-electron chi connectivity index (χ4n) is 4.58. The zero-order valence-corrected chi connectivity index (χ0v) is 21.0. The van der Waals surface area contributed by atoms with E-state index in [9.17, 15) is 14.7 Å². The monoisotopic (exact) mass is 471 g/mol. The lowest BCUT2D eigenvalue weighted by Gasteiger charge is -2.34. The van der Waals surface area contributed by atoms with Gasteiger partial charge in [-0.15, -0.1) is 5.10 Å². The average Bonchev–Trinajstić information content (AvgIpc) is 3.15. The molecule has 3 heterocycles. The van der Waals surface area contributed by atoms with E-state index in [2.05, 4.69) is 20.7 Å². The molecule has 34 heavy (non-hydrogen) atoms. The van der Waals surface area contributed by atoms with Crippen LogP contribution < -0.4 is 5.32 Å². The van der Waals surface area contributed by atoms with Crippen molar-refractivity contribution in [3.05, 3.63) is 29.8 Å². The molecular formula is C24H37N7O3. The Morgan fingerprint density at radius 1 is 1.15 bits per heavy atom. The predicted octanol–water partition coefficient (Wildman–Crippen LogP) is 2.36. The van der Waals surface area contributed by atoms with E-state index in [1.54, 1.807) is 10.9 Å². The average molecular weight is 472 g/mol. The molecule has 4 atom stereocenters. The van der Waals surface area contributed by atoms with Gasteiger partial charge >= 0.3 is 0 Å². The first-order valence-electron chi connectivity index (χ1n) is 12.2. The maximum absolute atomic E-state index is 13.8. The number of β-amino-alcohol motifs (C(OH)–C–C–N with tert-alkyl or cyclic N) is 1. The summed E-state index contributed by atoms with van der Waals surface area (Å²) in [5.74, 6) is -0.0745. The van der Waals surface area contributed by atoms with Crippen molar-refractivity contribution in [3.63, 3.8) is 0 Å². The third-order valence-electron chi connectivity index (χ3n) is 6.72. The Hall–Kier alpha value is -2.75. The van der Waals surface area contributed by atoms with Gasteiger partial charge in [-0.25, -0.2) is 4.68 Å². The fourth-order valence-corrected chi connectivity index (χ4v) is 4.58. The van der Waals surface area contributed by atoms with Crippen molar-refractivity contribution < 1.29 is 14.7 Å². The lowest BCUT2D eigenvalue weighted by atomic mass is 9.85. The number of carbonyl (C=O) groups excluding carboxylic acids is 2. The Kier molecular flexibility index (Phi) is 6.54. The maximum atomic E-state index is 13.8. The topological polar surface area (TPSA) is 118 Å². The van der Waals surface area contributed by atoms with Crippen LogP contribution in [0.15, 0.2) is 18.6 Å². The van der Waals surface area contributed by atoms with E-state index in [-0.39, 0.29) is 36.9 Å². The maximum Gasteiger partial charge on any atom is 0.248 e. The number of hydrogen-bond acceptors (Lipinski definition) is 6. The van der Waals surface area contributed by atoms with E-state index in [4.69, 9.17) is 0 Å². The summed E-state index contributed by atoms with van der Waals surface area (Å²) < 4.78 is 3.48. The molecule has 2 aromatic heterocycles. The smallest absolute Gasteiger partial charge is 0.248 e. The van der Waals surface area contributed by atoms with Crippen molar-refractivity contribution in [2.45, 2.75) is 97.0 Å². The summed E-state index contributed by atoms with van der Waals surface area (Å²) >= 11 is 0. The quantitative estimate of drug-likeness (QED) is 0.640. The van der Waals surface area contributed by atoms with Gasteiger partial charge in [-0.3, -0.25) is 14.3 Å². The summed E-state index contributed by atoms with van der Waals surface area (Å²) in [4.78, 5) is 28.6. The number of aromatic nitrogens is 5.